The fourth-order valence-corrected chi connectivity index (χ4v) is 1.31. The van der Waals surface area contributed by atoms with Gasteiger partial charge in [-0.1, -0.05) is 6.08 Å². The van der Waals surface area contributed by atoms with Crippen LogP contribution in [0, 0.1) is 0 Å². The minimum atomic E-state index is 0.404. The third-order valence-corrected chi connectivity index (χ3v) is 2.01. The molecule has 0 aromatic heterocycles. The smallest absolute Gasteiger partial charge is 0.0619 e. The summed E-state index contributed by atoms with van der Waals surface area (Å²) in [5.41, 5.74) is 0. The van der Waals surface area contributed by atoms with Crippen LogP contribution in [0.15, 0.2) is 12.7 Å². The highest BCUT2D eigenvalue weighted by atomic mass is 16.5. The third-order valence-electron chi connectivity index (χ3n) is 2.01. The molecule has 0 saturated carbocycles. The molecule has 0 spiro atoms. The normalized spacial score (nSPS) is 27.9. The van der Waals surface area contributed by atoms with Crippen LogP contribution in [-0.2, 0) is 4.74 Å². The molecule has 0 radical (unpaired) electrons. The van der Waals surface area contributed by atoms with Gasteiger partial charge in [-0.15, -0.1) is 6.58 Å². The standard InChI is InChI=1S/C9H17NO/c1-3-8(2)10-9-5-4-6-11-7-9/h3,8-10H,1,4-7H2,2H3. The Morgan fingerprint density at radius 1 is 1.73 bits per heavy atom. The van der Waals surface area contributed by atoms with Crippen molar-refractivity contribution in [3.05, 3.63) is 12.7 Å². The second-order valence-electron chi connectivity index (χ2n) is 3.11. The molecule has 1 aliphatic heterocycles. The van der Waals surface area contributed by atoms with E-state index in [1.165, 1.54) is 12.8 Å². The van der Waals surface area contributed by atoms with E-state index < -0.39 is 0 Å². The van der Waals surface area contributed by atoms with Crippen molar-refractivity contribution in [2.24, 2.45) is 0 Å². The van der Waals surface area contributed by atoms with Crippen LogP contribution < -0.4 is 5.32 Å². The number of hydrogen-bond acceptors (Lipinski definition) is 2. The van der Waals surface area contributed by atoms with Crippen LogP contribution in [-0.4, -0.2) is 25.3 Å². The van der Waals surface area contributed by atoms with Gasteiger partial charge >= 0.3 is 0 Å². The molecule has 0 aromatic rings. The summed E-state index contributed by atoms with van der Waals surface area (Å²) in [5, 5.41) is 3.43. The van der Waals surface area contributed by atoms with Crippen molar-refractivity contribution < 1.29 is 4.74 Å². The molecule has 2 unspecified atom stereocenters. The van der Waals surface area contributed by atoms with Crippen molar-refractivity contribution in [3.8, 4) is 0 Å². The lowest BCUT2D eigenvalue weighted by Gasteiger charge is -2.25. The molecule has 1 heterocycles. The van der Waals surface area contributed by atoms with Gasteiger partial charge in [0.2, 0.25) is 0 Å². The summed E-state index contributed by atoms with van der Waals surface area (Å²) in [4.78, 5) is 0. The SMILES string of the molecule is C=CC(C)NC1CCCOC1. The van der Waals surface area contributed by atoms with Crippen LogP contribution in [0.4, 0.5) is 0 Å². The Bertz CT molecular complexity index is 119. The van der Waals surface area contributed by atoms with Gasteiger partial charge in [0.25, 0.3) is 0 Å². The zero-order valence-electron chi connectivity index (χ0n) is 7.18. The molecule has 1 saturated heterocycles. The molecular weight excluding hydrogens is 138 g/mol. The van der Waals surface area contributed by atoms with E-state index in [9.17, 15) is 0 Å². The molecule has 64 valence electrons. The largest absolute Gasteiger partial charge is 0.380 e. The lowest BCUT2D eigenvalue weighted by Crippen LogP contribution is -2.40. The highest BCUT2D eigenvalue weighted by Gasteiger charge is 2.13. The summed E-state index contributed by atoms with van der Waals surface area (Å²) >= 11 is 0. The minimum absolute atomic E-state index is 0.404. The van der Waals surface area contributed by atoms with Gasteiger partial charge in [0, 0.05) is 18.7 Å². The van der Waals surface area contributed by atoms with Gasteiger partial charge in [0.15, 0.2) is 0 Å². The second-order valence-corrected chi connectivity index (χ2v) is 3.11. The summed E-state index contributed by atoms with van der Waals surface area (Å²) in [7, 11) is 0. The predicted octanol–water partition coefficient (Wildman–Crippen LogP) is 1.33. The number of ether oxygens (including phenoxy) is 1. The summed E-state index contributed by atoms with van der Waals surface area (Å²) in [6.07, 6.45) is 4.34. The van der Waals surface area contributed by atoms with E-state index in [4.69, 9.17) is 4.74 Å². The van der Waals surface area contributed by atoms with Gasteiger partial charge in [-0.2, -0.15) is 0 Å². The predicted molar refractivity (Wildman–Crippen MR) is 46.6 cm³/mol. The van der Waals surface area contributed by atoms with Gasteiger partial charge in [0.1, 0.15) is 0 Å². The first-order valence-electron chi connectivity index (χ1n) is 4.29. The van der Waals surface area contributed by atoms with Crippen molar-refractivity contribution in [1.29, 1.82) is 0 Å². The number of rotatable bonds is 3. The molecule has 1 aliphatic rings. The quantitative estimate of drug-likeness (QED) is 0.621. The van der Waals surface area contributed by atoms with E-state index in [0.717, 1.165) is 13.2 Å². The van der Waals surface area contributed by atoms with Crippen molar-refractivity contribution >= 4 is 0 Å². The molecule has 0 bridgehead atoms. The van der Waals surface area contributed by atoms with E-state index in [-0.39, 0.29) is 0 Å². The zero-order valence-corrected chi connectivity index (χ0v) is 7.18. The molecule has 11 heavy (non-hydrogen) atoms. The first-order chi connectivity index (χ1) is 5.33. The average molecular weight is 155 g/mol. The van der Waals surface area contributed by atoms with Gasteiger partial charge in [0.05, 0.1) is 6.61 Å². The zero-order chi connectivity index (χ0) is 8.10. The average Bonchev–Trinajstić information content (AvgIpc) is 2.06. The molecular formula is C9H17NO. The first kappa shape index (κ1) is 8.75. The molecule has 1 N–H and O–H groups in total. The van der Waals surface area contributed by atoms with Crippen molar-refractivity contribution in [2.45, 2.75) is 31.8 Å². The maximum Gasteiger partial charge on any atom is 0.0619 e. The molecule has 1 fully saturated rings. The Balaban J connectivity index is 2.18. The maximum absolute atomic E-state index is 5.33. The Hall–Kier alpha value is -0.340. The van der Waals surface area contributed by atoms with E-state index in [1.54, 1.807) is 0 Å². The van der Waals surface area contributed by atoms with Crippen LogP contribution in [0.3, 0.4) is 0 Å². The van der Waals surface area contributed by atoms with Crippen molar-refractivity contribution in [3.63, 3.8) is 0 Å². The maximum atomic E-state index is 5.33. The summed E-state index contributed by atoms with van der Waals surface area (Å²) in [5.74, 6) is 0. The highest BCUT2D eigenvalue weighted by molar-refractivity contribution is 4.85. The summed E-state index contributed by atoms with van der Waals surface area (Å²) in [6, 6.07) is 0.943. The molecule has 2 heteroatoms. The second kappa shape index (κ2) is 4.52. The van der Waals surface area contributed by atoms with Gasteiger partial charge in [-0.3, -0.25) is 0 Å². The van der Waals surface area contributed by atoms with Gasteiger partial charge in [-0.05, 0) is 19.8 Å². The first-order valence-corrected chi connectivity index (χ1v) is 4.29. The molecule has 2 atom stereocenters. The summed E-state index contributed by atoms with van der Waals surface area (Å²) in [6.45, 7) is 7.63. The van der Waals surface area contributed by atoms with Gasteiger partial charge in [-0.25, -0.2) is 0 Å². The number of nitrogens with one attached hydrogen (secondary N) is 1. The summed E-state index contributed by atoms with van der Waals surface area (Å²) < 4.78 is 5.33. The number of hydrogen-bond donors (Lipinski definition) is 1. The van der Waals surface area contributed by atoms with Crippen molar-refractivity contribution in [1.82, 2.24) is 5.32 Å². The van der Waals surface area contributed by atoms with Crippen LogP contribution in [0.5, 0.6) is 0 Å². The monoisotopic (exact) mass is 155 g/mol. The van der Waals surface area contributed by atoms with Crippen LogP contribution in [0.25, 0.3) is 0 Å². The lowest BCUT2D eigenvalue weighted by atomic mass is 10.1. The Morgan fingerprint density at radius 2 is 2.55 bits per heavy atom. The van der Waals surface area contributed by atoms with Gasteiger partial charge < -0.3 is 10.1 Å². The van der Waals surface area contributed by atoms with E-state index in [2.05, 4.69) is 18.8 Å². The molecule has 0 aliphatic carbocycles. The Kier molecular flexibility index (Phi) is 3.60. The molecule has 0 amide bonds. The topological polar surface area (TPSA) is 21.3 Å². The van der Waals surface area contributed by atoms with E-state index in [1.807, 2.05) is 6.08 Å². The van der Waals surface area contributed by atoms with E-state index >= 15 is 0 Å². The highest BCUT2D eigenvalue weighted by Crippen LogP contribution is 2.06. The van der Waals surface area contributed by atoms with Crippen LogP contribution in [0.2, 0.25) is 0 Å². The third kappa shape index (κ3) is 3.04. The minimum Gasteiger partial charge on any atom is -0.380 e. The molecule has 2 nitrogen and oxygen atoms in total. The fraction of sp³-hybridized carbons (Fsp3) is 0.778. The van der Waals surface area contributed by atoms with Crippen molar-refractivity contribution in [2.75, 3.05) is 13.2 Å². The van der Waals surface area contributed by atoms with E-state index in [0.29, 0.717) is 12.1 Å². The fourth-order valence-electron chi connectivity index (χ4n) is 1.31. The Morgan fingerprint density at radius 3 is 3.09 bits per heavy atom. The molecule has 0 aromatic carbocycles. The molecule has 1 rings (SSSR count). The van der Waals surface area contributed by atoms with Crippen LogP contribution in [0.1, 0.15) is 19.8 Å². The van der Waals surface area contributed by atoms with Crippen LogP contribution >= 0.6 is 0 Å². The lowest BCUT2D eigenvalue weighted by molar-refractivity contribution is 0.0688. The Labute approximate surface area is 68.6 Å².